The van der Waals surface area contributed by atoms with Crippen LogP contribution in [0, 0.1) is 11.8 Å². The maximum atomic E-state index is 11.0. The van der Waals surface area contributed by atoms with Gasteiger partial charge in [-0.25, -0.2) is 0 Å². The summed E-state index contributed by atoms with van der Waals surface area (Å²) < 4.78 is 14.7. The molecule has 0 bridgehead atoms. The third-order valence-electron chi connectivity index (χ3n) is 2.37. The molecule has 1 aromatic carbocycles. The molecule has 0 fully saturated rings. The first kappa shape index (κ1) is 14.6. The maximum Gasteiger partial charge on any atom is 0.317 e. The number of methoxy groups -OCH3 is 3. The molecule has 0 aliphatic carbocycles. The van der Waals surface area contributed by atoms with E-state index in [1.165, 1.54) is 27.4 Å². The first-order chi connectivity index (χ1) is 9.15. The summed E-state index contributed by atoms with van der Waals surface area (Å²) in [6.07, 6.45) is 0.632. The van der Waals surface area contributed by atoms with Crippen LogP contribution in [0.3, 0.4) is 0 Å². The van der Waals surface area contributed by atoms with Crippen molar-refractivity contribution < 1.29 is 23.8 Å². The molecule has 0 spiro atoms. The van der Waals surface area contributed by atoms with Gasteiger partial charge in [-0.15, -0.1) is 0 Å². The van der Waals surface area contributed by atoms with Gasteiger partial charge in [0.05, 0.1) is 21.3 Å². The Labute approximate surface area is 111 Å². The first-order valence-electron chi connectivity index (χ1n) is 5.43. The number of carbonyl (C=O) groups is 2. The highest BCUT2D eigenvalue weighted by atomic mass is 16.5. The van der Waals surface area contributed by atoms with Crippen molar-refractivity contribution >= 4 is 12.3 Å². The summed E-state index contributed by atoms with van der Waals surface area (Å²) in [7, 11) is 4.26. The van der Waals surface area contributed by atoms with Crippen LogP contribution < -0.4 is 9.47 Å². The zero-order valence-corrected chi connectivity index (χ0v) is 11.0. The van der Waals surface area contributed by atoms with Crippen LogP contribution in [0.15, 0.2) is 12.1 Å². The van der Waals surface area contributed by atoms with Crippen LogP contribution in [0.5, 0.6) is 11.5 Å². The molecule has 0 unspecified atom stereocenters. The summed E-state index contributed by atoms with van der Waals surface area (Å²) in [5.41, 5.74) is 0.839. The molecule has 5 heteroatoms. The van der Waals surface area contributed by atoms with E-state index in [0.29, 0.717) is 28.9 Å². The van der Waals surface area contributed by atoms with Crippen molar-refractivity contribution in [1.82, 2.24) is 0 Å². The van der Waals surface area contributed by atoms with E-state index in [-0.39, 0.29) is 6.42 Å². The Morgan fingerprint density at radius 1 is 1.21 bits per heavy atom. The molecule has 0 aliphatic rings. The smallest absolute Gasteiger partial charge is 0.317 e. The van der Waals surface area contributed by atoms with Crippen LogP contribution >= 0.6 is 0 Å². The van der Waals surface area contributed by atoms with Crippen molar-refractivity contribution in [1.29, 1.82) is 0 Å². The van der Waals surface area contributed by atoms with Crippen LogP contribution in [0.4, 0.5) is 0 Å². The average molecular weight is 262 g/mol. The van der Waals surface area contributed by atoms with E-state index in [2.05, 4.69) is 16.6 Å². The Balaban J connectivity index is 3.12. The summed E-state index contributed by atoms with van der Waals surface area (Å²) in [6, 6.07) is 3.13. The van der Waals surface area contributed by atoms with Crippen molar-refractivity contribution in [3.63, 3.8) is 0 Å². The van der Waals surface area contributed by atoms with Gasteiger partial charge in [-0.05, 0) is 6.07 Å². The van der Waals surface area contributed by atoms with Gasteiger partial charge in [0, 0.05) is 17.2 Å². The number of carbonyl (C=O) groups excluding carboxylic acids is 2. The van der Waals surface area contributed by atoms with E-state index in [4.69, 9.17) is 9.47 Å². The van der Waals surface area contributed by atoms with Crippen LogP contribution in [0.25, 0.3) is 0 Å². The largest absolute Gasteiger partial charge is 0.493 e. The molecular formula is C14H14O5. The monoisotopic (exact) mass is 262 g/mol. The van der Waals surface area contributed by atoms with E-state index in [1.54, 1.807) is 6.07 Å². The summed E-state index contributed by atoms with van der Waals surface area (Å²) in [4.78, 5) is 21.9. The molecule has 0 saturated heterocycles. The molecule has 1 rings (SSSR count). The molecule has 1 aromatic rings. The molecule has 0 amide bonds. The molecule has 100 valence electrons. The second kappa shape index (κ2) is 7.07. The number of hydrogen-bond acceptors (Lipinski definition) is 5. The fourth-order valence-electron chi connectivity index (χ4n) is 1.38. The summed E-state index contributed by atoms with van der Waals surface area (Å²) >= 11 is 0. The third kappa shape index (κ3) is 3.75. The molecule has 5 nitrogen and oxygen atoms in total. The zero-order valence-electron chi connectivity index (χ0n) is 11.0. The second-order valence-electron chi connectivity index (χ2n) is 3.47. The Kier molecular flexibility index (Phi) is 5.42. The molecule has 0 heterocycles. The number of aldehydes is 1. The highest BCUT2D eigenvalue weighted by Gasteiger charge is 2.09. The fraction of sp³-hybridized carbons (Fsp3) is 0.286. The molecule has 0 saturated carbocycles. The Morgan fingerprint density at radius 2 is 1.84 bits per heavy atom. The molecule has 0 N–H and O–H groups in total. The van der Waals surface area contributed by atoms with Gasteiger partial charge in [0.1, 0.15) is 6.42 Å². The highest BCUT2D eigenvalue weighted by Crippen LogP contribution is 2.29. The normalized spacial score (nSPS) is 9.00. The summed E-state index contributed by atoms with van der Waals surface area (Å²) in [5.74, 6) is 5.86. The molecule has 0 aromatic heterocycles. The Bertz CT molecular complexity index is 537. The number of ether oxygens (including phenoxy) is 3. The van der Waals surface area contributed by atoms with Crippen LogP contribution in [0.2, 0.25) is 0 Å². The number of rotatable bonds is 4. The Morgan fingerprint density at radius 3 is 2.37 bits per heavy atom. The van der Waals surface area contributed by atoms with Gasteiger partial charge in [0.15, 0.2) is 17.8 Å². The zero-order chi connectivity index (χ0) is 14.3. The lowest BCUT2D eigenvalue weighted by Gasteiger charge is -2.09. The van der Waals surface area contributed by atoms with Gasteiger partial charge in [0.2, 0.25) is 0 Å². The molecule has 0 radical (unpaired) electrons. The minimum Gasteiger partial charge on any atom is -0.493 e. The van der Waals surface area contributed by atoms with E-state index >= 15 is 0 Å². The second-order valence-corrected chi connectivity index (χ2v) is 3.47. The first-order valence-corrected chi connectivity index (χ1v) is 5.43. The highest BCUT2D eigenvalue weighted by molar-refractivity contribution is 5.81. The average Bonchev–Trinajstić information content (AvgIpc) is 2.46. The van der Waals surface area contributed by atoms with Crippen molar-refractivity contribution in [3.8, 4) is 23.3 Å². The predicted molar refractivity (Wildman–Crippen MR) is 68.4 cm³/mol. The lowest BCUT2D eigenvalue weighted by atomic mass is 10.1. The van der Waals surface area contributed by atoms with Gasteiger partial charge < -0.3 is 14.2 Å². The quantitative estimate of drug-likeness (QED) is 0.466. The SMILES string of the molecule is COC(=O)CC#Cc1cc(OC)c(OC)cc1C=O. The van der Waals surface area contributed by atoms with Gasteiger partial charge in [-0.2, -0.15) is 0 Å². The van der Waals surface area contributed by atoms with Crippen LogP contribution in [0.1, 0.15) is 22.3 Å². The van der Waals surface area contributed by atoms with E-state index in [0.717, 1.165) is 0 Å². The fourth-order valence-corrected chi connectivity index (χ4v) is 1.38. The van der Waals surface area contributed by atoms with Crippen molar-refractivity contribution in [2.24, 2.45) is 0 Å². The minimum atomic E-state index is -0.430. The molecule has 0 atom stereocenters. The van der Waals surface area contributed by atoms with E-state index < -0.39 is 5.97 Å². The summed E-state index contributed by atoms with van der Waals surface area (Å²) in [6.45, 7) is 0. The topological polar surface area (TPSA) is 61.8 Å². The van der Waals surface area contributed by atoms with Crippen molar-refractivity contribution in [3.05, 3.63) is 23.3 Å². The molecular weight excluding hydrogens is 248 g/mol. The maximum absolute atomic E-state index is 11.0. The lowest BCUT2D eigenvalue weighted by molar-refractivity contribution is -0.139. The molecule has 0 aliphatic heterocycles. The van der Waals surface area contributed by atoms with Gasteiger partial charge in [-0.1, -0.05) is 11.8 Å². The van der Waals surface area contributed by atoms with Gasteiger partial charge >= 0.3 is 5.97 Å². The van der Waals surface area contributed by atoms with Crippen LogP contribution in [-0.2, 0) is 9.53 Å². The van der Waals surface area contributed by atoms with Crippen molar-refractivity contribution in [2.45, 2.75) is 6.42 Å². The standard InChI is InChI=1S/C14H14O5/c1-17-12-7-10(5-4-6-14(16)19-3)11(9-15)8-13(12)18-2/h7-9H,6H2,1-3H3. The number of esters is 1. The van der Waals surface area contributed by atoms with Crippen molar-refractivity contribution in [2.75, 3.05) is 21.3 Å². The van der Waals surface area contributed by atoms with Gasteiger partial charge in [-0.3, -0.25) is 9.59 Å². The number of benzene rings is 1. The minimum absolute atomic E-state index is 0.0385. The van der Waals surface area contributed by atoms with E-state index in [1.807, 2.05) is 0 Å². The van der Waals surface area contributed by atoms with Gasteiger partial charge in [0.25, 0.3) is 0 Å². The Hall–Kier alpha value is -2.48. The van der Waals surface area contributed by atoms with Crippen LogP contribution in [-0.4, -0.2) is 33.6 Å². The third-order valence-corrected chi connectivity index (χ3v) is 2.37. The predicted octanol–water partition coefficient (Wildman–Crippen LogP) is 1.43. The number of hydrogen-bond donors (Lipinski definition) is 0. The summed E-state index contributed by atoms with van der Waals surface area (Å²) in [5, 5.41) is 0. The lowest BCUT2D eigenvalue weighted by Crippen LogP contribution is -1.98. The van der Waals surface area contributed by atoms with E-state index in [9.17, 15) is 9.59 Å². The molecule has 19 heavy (non-hydrogen) atoms.